The fraction of sp³-hybridized carbons (Fsp3) is 0.273. The maximum absolute atomic E-state index is 11.3. The summed E-state index contributed by atoms with van der Waals surface area (Å²) in [7, 11) is -6.17. The van der Waals surface area contributed by atoms with Gasteiger partial charge in [0, 0.05) is 0 Å². The topological polar surface area (TPSA) is 54.4 Å². The number of aryl methyl sites for hydroxylation is 1. The second-order valence-electron chi connectivity index (χ2n) is 4.40. The highest BCUT2D eigenvalue weighted by molar-refractivity contribution is 7.86. The Labute approximate surface area is 97.6 Å². The smallest absolute Gasteiger partial charge is 0.282 e. The van der Waals surface area contributed by atoms with Crippen molar-refractivity contribution in [2.45, 2.75) is 24.9 Å². The Hall–Kier alpha value is -0.913. The van der Waals surface area contributed by atoms with Gasteiger partial charge in [-0.05, 0) is 18.2 Å². The van der Waals surface area contributed by atoms with Crippen LogP contribution in [0.1, 0.15) is 5.56 Å². The van der Waals surface area contributed by atoms with Crippen LogP contribution in [0.5, 0.6) is 0 Å². The Morgan fingerprint density at radius 1 is 1.38 bits per heavy atom. The lowest BCUT2D eigenvalue weighted by Crippen LogP contribution is -2.42. The monoisotopic (exact) mass is 256 g/mol. The fourth-order valence-corrected chi connectivity index (χ4v) is 4.77. The molecule has 16 heavy (non-hydrogen) atoms. The molecule has 0 fully saturated rings. The van der Waals surface area contributed by atoms with E-state index in [0.29, 0.717) is 5.19 Å². The summed E-state index contributed by atoms with van der Waals surface area (Å²) >= 11 is 0. The van der Waals surface area contributed by atoms with Crippen LogP contribution in [0.25, 0.3) is 0 Å². The van der Waals surface area contributed by atoms with Gasteiger partial charge in [0.25, 0.3) is 10.1 Å². The van der Waals surface area contributed by atoms with Gasteiger partial charge in [-0.15, -0.1) is 6.58 Å². The minimum absolute atomic E-state index is 0.00895. The third-order valence-corrected chi connectivity index (χ3v) is 6.53. The standard InChI is InChI=1S/C11H16O3SSi/c1-5-16(3,4)11-8-9(2)6-7-10(11)15(12,13)14/h5-8H,1H2,2-4H3,(H,12,13,14). The molecule has 0 atom stereocenters. The molecule has 0 aromatic heterocycles. The van der Waals surface area contributed by atoms with Crippen molar-refractivity contribution in [1.29, 1.82) is 0 Å². The number of benzene rings is 1. The molecular weight excluding hydrogens is 240 g/mol. The predicted molar refractivity (Wildman–Crippen MR) is 68.3 cm³/mol. The zero-order chi connectivity index (χ0) is 12.6. The van der Waals surface area contributed by atoms with Crippen molar-refractivity contribution in [1.82, 2.24) is 0 Å². The van der Waals surface area contributed by atoms with Crippen molar-refractivity contribution >= 4 is 23.4 Å². The van der Waals surface area contributed by atoms with Crippen molar-refractivity contribution in [3.63, 3.8) is 0 Å². The van der Waals surface area contributed by atoms with E-state index in [0.717, 1.165) is 5.56 Å². The van der Waals surface area contributed by atoms with E-state index in [-0.39, 0.29) is 4.90 Å². The van der Waals surface area contributed by atoms with Gasteiger partial charge in [0.2, 0.25) is 0 Å². The lowest BCUT2D eigenvalue weighted by molar-refractivity contribution is 0.484. The van der Waals surface area contributed by atoms with Crippen LogP contribution >= 0.6 is 0 Å². The molecule has 0 aliphatic heterocycles. The van der Waals surface area contributed by atoms with Crippen LogP contribution in [0, 0.1) is 6.92 Å². The van der Waals surface area contributed by atoms with E-state index in [9.17, 15) is 13.0 Å². The summed E-state index contributed by atoms with van der Waals surface area (Å²) in [5.74, 6) is 0. The third kappa shape index (κ3) is 2.61. The molecule has 0 saturated carbocycles. The first kappa shape index (κ1) is 13.2. The Morgan fingerprint density at radius 3 is 2.38 bits per heavy atom. The third-order valence-electron chi connectivity index (χ3n) is 2.62. The van der Waals surface area contributed by atoms with Crippen LogP contribution in [0.3, 0.4) is 0 Å². The van der Waals surface area contributed by atoms with Crippen LogP contribution in [0.4, 0.5) is 0 Å². The molecule has 0 heterocycles. The lowest BCUT2D eigenvalue weighted by atomic mass is 10.2. The van der Waals surface area contributed by atoms with Crippen LogP contribution in [-0.4, -0.2) is 21.0 Å². The molecular formula is C11H16O3SSi. The van der Waals surface area contributed by atoms with Gasteiger partial charge < -0.3 is 0 Å². The molecule has 0 bridgehead atoms. The van der Waals surface area contributed by atoms with Crippen molar-refractivity contribution < 1.29 is 13.0 Å². The maximum atomic E-state index is 11.3. The summed E-state index contributed by atoms with van der Waals surface area (Å²) in [6.07, 6.45) is 0. The normalized spacial score (nSPS) is 12.5. The summed E-state index contributed by atoms with van der Waals surface area (Å²) in [5.41, 5.74) is 2.78. The Bertz CT molecular complexity index is 518. The molecule has 0 aliphatic rings. The van der Waals surface area contributed by atoms with E-state index in [1.807, 2.05) is 26.1 Å². The maximum Gasteiger partial charge on any atom is 0.294 e. The first-order valence-electron chi connectivity index (χ1n) is 4.90. The van der Waals surface area contributed by atoms with E-state index in [4.69, 9.17) is 0 Å². The van der Waals surface area contributed by atoms with Gasteiger partial charge in [0.05, 0.1) is 4.90 Å². The Kier molecular flexibility index (Phi) is 3.42. The second kappa shape index (κ2) is 4.16. The van der Waals surface area contributed by atoms with Crippen molar-refractivity contribution in [3.05, 3.63) is 36.0 Å². The molecule has 1 aromatic carbocycles. The lowest BCUT2D eigenvalue weighted by Gasteiger charge is -2.21. The largest absolute Gasteiger partial charge is 0.294 e. The van der Waals surface area contributed by atoms with Crippen molar-refractivity contribution in [2.24, 2.45) is 0 Å². The summed E-state index contributed by atoms with van der Waals surface area (Å²) < 4.78 is 31.7. The van der Waals surface area contributed by atoms with E-state index < -0.39 is 18.2 Å². The second-order valence-corrected chi connectivity index (χ2v) is 10.2. The number of hydrogen-bond donors (Lipinski definition) is 1. The van der Waals surface area contributed by atoms with E-state index in [1.54, 1.807) is 11.8 Å². The number of hydrogen-bond acceptors (Lipinski definition) is 2. The number of rotatable bonds is 3. The molecule has 0 aliphatic carbocycles. The SMILES string of the molecule is C=C[Si](C)(C)c1cc(C)ccc1S(=O)(=O)O. The summed E-state index contributed by atoms with van der Waals surface area (Å²) in [5, 5.41) is 0.699. The van der Waals surface area contributed by atoms with Gasteiger partial charge in [-0.1, -0.05) is 36.5 Å². The van der Waals surface area contributed by atoms with E-state index in [1.165, 1.54) is 6.07 Å². The summed E-state index contributed by atoms with van der Waals surface area (Å²) in [4.78, 5) is 0.00895. The molecule has 0 radical (unpaired) electrons. The fourth-order valence-electron chi connectivity index (χ4n) is 1.48. The van der Waals surface area contributed by atoms with E-state index in [2.05, 4.69) is 6.58 Å². The highest BCUT2D eigenvalue weighted by Gasteiger charge is 2.27. The van der Waals surface area contributed by atoms with E-state index >= 15 is 0 Å². The molecule has 0 amide bonds. The molecule has 1 rings (SSSR count). The molecule has 5 heteroatoms. The van der Waals surface area contributed by atoms with Gasteiger partial charge >= 0.3 is 0 Å². The van der Waals surface area contributed by atoms with Gasteiger partial charge in [-0.2, -0.15) is 8.42 Å². The summed E-state index contributed by atoms with van der Waals surface area (Å²) in [6, 6.07) is 4.95. The molecule has 0 saturated heterocycles. The molecule has 0 unspecified atom stereocenters. The van der Waals surface area contributed by atoms with Gasteiger partial charge in [0.15, 0.2) is 0 Å². The van der Waals surface area contributed by atoms with Gasteiger partial charge in [-0.25, -0.2) is 0 Å². The highest BCUT2D eigenvalue weighted by Crippen LogP contribution is 2.14. The minimum atomic E-state index is -4.16. The molecule has 0 spiro atoms. The Balaban J connectivity index is 3.60. The molecule has 1 aromatic rings. The van der Waals surface area contributed by atoms with Gasteiger partial charge in [0.1, 0.15) is 8.07 Å². The van der Waals surface area contributed by atoms with Crippen molar-refractivity contribution in [2.75, 3.05) is 0 Å². The van der Waals surface area contributed by atoms with Crippen molar-refractivity contribution in [3.8, 4) is 0 Å². The van der Waals surface area contributed by atoms with Crippen LogP contribution in [0.15, 0.2) is 35.4 Å². The van der Waals surface area contributed by atoms with Gasteiger partial charge in [-0.3, -0.25) is 4.55 Å². The van der Waals surface area contributed by atoms with Crippen LogP contribution in [-0.2, 0) is 10.1 Å². The average molecular weight is 256 g/mol. The summed E-state index contributed by atoms with van der Waals surface area (Å²) in [6.45, 7) is 9.62. The molecule has 3 nitrogen and oxygen atoms in total. The minimum Gasteiger partial charge on any atom is -0.282 e. The zero-order valence-corrected chi connectivity index (χ0v) is 11.5. The zero-order valence-electron chi connectivity index (χ0n) is 9.69. The Morgan fingerprint density at radius 2 is 1.94 bits per heavy atom. The van der Waals surface area contributed by atoms with Crippen LogP contribution < -0.4 is 5.19 Å². The first-order chi connectivity index (χ1) is 7.18. The molecule has 1 N–H and O–H groups in total. The highest BCUT2D eigenvalue weighted by atomic mass is 32.2. The quantitative estimate of drug-likeness (QED) is 0.663. The molecule has 88 valence electrons. The van der Waals surface area contributed by atoms with Crippen LogP contribution in [0.2, 0.25) is 13.1 Å². The average Bonchev–Trinajstić information content (AvgIpc) is 2.15. The predicted octanol–water partition coefficient (Wildman–Crippen LogP) is 1.88. The first-order valence-corrected chi connectivity index (χ1v) is 9.42.